The molecule has 0 radical (unpaired) electrons. The summed E-state index contributed by atoms with van der Waals surface area (Å²) in [5, 5.41) is 18.6. The van der Waals surface area contributed by atoms with Crippen LogP contribution in [0.25, 0.3) is 0 Å². The average molecular weight is 317 g/mol. The Morgan fingerprint density at radius 3 is 2.52 bits per heavy atom. The SMILES string of the molecule is CCC(C)N(C)c1ccc(N=N/C(=C/C=NC)N(C)C)cc1O. The predicted octanol–water partition coefficient (Wildman–Crippen LogP) is 3.81. The second-order valence-electron chi connectivity index (χ2n) is 5.57. The number of allylic oxidation sites excluding steroid dienone is 1. The first kappa shape index (κ1) is 18.7. The third-order valence-corrected chi connectivity index (χ3v) is 3.69. The number of aliphatic imine (C=N–C) groups is 1. The number of aromatic hydroxyl groups is 1. The Hall–Kier alpha value is -2.37. The standard InChI is InChI=1S/C17H27N5O/c1-7-13(2)22(6)15-9-8-14(12-16(15)23)19-20-17(21(4)5)10-11-18-3/h8-13,23H,7H2,1-6H3/b17-10-,18-11?,20-19?. The van der Waals surface area contributed by atoms with Crippen molar-refractivity contribution in [1.82, 2.24) is 4.90 Å². The van der Waals surface area contributed by atoms with Gasteiger partial charge in [0.05, 0.1) is 11.4 Å². The van der Waals surface area contributed by atoms with Crippen LogP contribution in [0.2, 0.25) is 0 Å². The Bertz CT molecular complexity index is 593. The summed E-state index contributed by atoms with van der Waals surface area (Å²) in [6.45, 7) is 4.24. The number of anilines is 1. The third-order valence-electron chi connectivity index (χ3n) is 3.69. The molecule has 1 rings (SSSR count). The summed E-state index contributed by atoms with van der Waals surface area (Å²) < 4.78 is 0. The maximum Gasteiger partial charge on any atom is 0.152 e. The fraction of sp³-hybridized carbons (Fsp3) is 0.471. The van der Waals surface area contributed by atoms with E-state index >= 15 is 0 Å². The molecule has 0 aliphatic carbocycles. The first-order valence-corrected chi connectivity index (χ1v) is 7.68. The van der Waals surface area contributed by atoms with Gasteiger partial charge in [-0.1, -0.05) is 6.92 Å². The normalized spacial score (nSPS) is 13.7. The molecule has 0 aliphatic rings. The quantitative estimate of drug-likeness (QED) is 0.614. The van der Waals surface area contributed by atoms with E-state index in [-0.39, 0.29) is 5.75 Å². The molecule has 1 aromatic carbocycles. The molecule has 1 N–H and O–H groups in total. The molecule has 23 heavy (non-hydrogen) atoms. The van der Waals surface area contributed by atoms with Crippen molar-refractivity contribution >= 4 is 17.6 Å². The summed E-state index contributed by atoms with van der Waals surface area (Å²) in [6, 6.07) is 5.69. The van der Waals surface area contributed by atoms with Gasteiger partial charge in [-0.05, 0) is 25.5 Å². The van der Waals surface area contributed by atoms with Gasteiger partial charge in [-0.25, -0.2) is 0 Å². The number of rotatable bonds is 7. The summed E-state index contributed by atoms with van der Waals surface area (Å²) in [6.07, 6.45) is 4.44. The first-order valence-electron chi connectivity index (χ1n) is 7.68. The second-order valence-corrected chi connectivity index (χ2v) is 5.57. The van der Waals surface area contributed by atoms with Crippen LogP contribution in [0.15, 0.2) is 45.3 Å². The molecular formula is C17H27N5O. The monoisotopic (exact) mass is 317 g/mol. The number of nitrogens with zero attached hydrogens (tertiary/aromatic N) is 5. The van der Waals surface area contributed by atoms with Crippen LogP contribution in [0.4, 0.5) is 11.4 Å². The molecule has 1 unspecified atom stereocenters. The van der Waals surface area contributed by atoms with Crippen LogP contribution >= 0.6 is 0 Å². The van der Waals surface area contributed by atoms with E-state index < -0.39 is 0 Å². The largest absolute Gasteiger partial charge is 0.506 e. The summed E-state index contributed by atoms with van der Waals surface area (Å²) in [7, 11) is 7.44. The van der Waals surface area contributed by atoms with E-state index in [1.807, 2.05) is 38.2 Å². The molecule has 0 amide bonds. The molecule has 0 fully saturated rings. The highest BCUT2D eigenvalue weighted by Gasteiger charge is 2.12. The van der Waals surface area contributed by atoms with Gasteiger partial charge in [0.1, 0.15) is 5.75 Å². The van der Waals surface area contributed by atoms with E-state index in [2.05, 4.69) is 34.0 Å². The van der Waals surface area contributed by atoms with Crippen LogP contribution < -0.4 is 4.90 Å². The van der Waals surface area contributed by atoms with Gasteiger partial charge >= 0.3 is 0 Å². The summed E-state index contributed by atoms with van der Waals surface area (Å²) in [5.74, 6) is 0.880. The van der Waals surface area contributed by atoms with Gasteiger partial charge < -0.3 is 14.9 Å². The topological polar surface area (TPSA) is 63.8 Å². The minimum Gasteiger partial charge on any atom is -0.506 e. The van der Waals surface area contributed by atoms with Crippen LogP contribution in [-0.4, -0.2) is 50.5 Å². The molecule has 6 heteroatoms. The number of hydrogen-bond acceptors (Lipinski definition) is 6. The van der Waals surface area contributed by atoms with Gasteiger partial charge in [0, 0.05) is 52.6 Å². The molecule has 0 bridgehead atoms. The molecule has 0 heterocycles. The number of hydrogen-bond donors (Lipinski definition) is 1. The second kappa shape index (κ2) is 8.92. The van der Waals surface area contributed by atoms with Crippen molar-refractivity contribution in [3.05, 3.63) is 30.1 Å². The lowest BCUT2D eigenvalue weighted by Crippen LogP contribution is -2.27. The number of phenolic OH excluding ortho intramolecular Hbond substituents is 1. The maximum absolute atomic E-state index is 10.2. The molecule has 126 valence electrons. The van der Waals surface area contributed by atoms with Gasteiger partial charge in [0.15, 0.2) is 5.82 Å². The van der Waals surface area contributed by atoms with Crippen molar-refractivity contribution in [3.8, 4) is 5.75 Å². The zero-order chi connectivity index (χ0) is 17.4. The summed E-state index contributed by atoms with van der Waals surface area (Å²) >= 11 is 0. The Labute approximate surface area is 138 Å². The number of phenols is 1. The minimum atomic E-state index is 0.203. The lowest BCUT2D eigenvalue weighted by molar-refractivity contribution is 0.472. The van der Waals surface area contributed by atoms with Crippen LogP contribution in [0.3, 0.4) is 0 Å². The van der Waals surface area contributed by atoms with E-state index in [1.54, 1.807) is 25.4 Å². The highest BCUT2D eigenvalue weighted by Crippen LogP contribution is 2.32. The van der Waals surface area contributed by atoms with Gasteiger partial charge in [-0.3, -0.25) is 4.99 Å². The number of azo groups is 1. The molecule has 0 saturated heterocycles. The fourth-order valence-electron chi connectivity index (χ4n) is 1.91. The zero-order valence-corrected chi connectivity index (χ0v) is 14.9. The predicted molar refractivity (Wildman–Crippen MR) is 97.0 cm³/mol. The summed E-state index contributed by atoms with van der Waals surface area (Å²) in [5.41, 5.74) is 1.39. The van der Waals surface area contributed by atoms with Gasteiger partial charge in [0.2, 0.25) is 0 Å². The van der Waals surface area contributed by atoms with Crippen LogP contribution in [0.5, 0.6) is 5.75 Å². The van der Waals surface area contributed by atoms with Crippen molar-refractivity contribution in [2.24, 2.45) is 15.2 Å². The lowest BCUT2D eigenvalue weighted by atomic mass is 10.2. The Morgan fingerprint density at radius 1 is 1.30 bits per heavy atom. The Balaban J connectivity index is 2.99. The first-order chi connectivity index (χ1) is 10.9. The molecule has 0 aromatic heterocycles. The highest BCUT2D eigenvalue weighted by molar-refractivity contribution is 5.71. The van der Waals surface area contributed by atoms with Crippen LogP contribution in [-0.2, 0) is 0 Å². The third kappa shape index (κ3) is 5.39. The van der Waals surface area contributed by atoms with Crippen LogP contribution in [0, 0.1) is 0 Å². The average Bonchev–Trinajstić information content (AvgIpc) is 2.53. The molecule has 1 atom stereocenters. The number of benzene rings is 1. The van der Waals surface area contributed by atoms with Crippen molar-refractivity contribution in [2.45, 2.75) is 26.3 Å². The highest BCUT2D eigenvalue weighted by atomic mass is 16.3. The Kier molecular flexibility index (Phi) is 7.25. The molecular weight excluding hydrogens is 290 g/mol. The van der Waals surface area contributed by atoms with Crippen molar-refractivity contribution in [3.63, 3.8) is 0 Å². The van der Waals surface area contributed by atoms with E-state index in [0.29, 0.717) is 17.6 Å². The molecule has 0 saturated carbocycles. The van der Waals surface area contributed by atoms with E-state index in [9.17, 15) is 5.11 Å². The molecule has 6 nitrogen and oxygen atoms in total. The van der Waals surface area contributed by atoms with E-state index in [0.717, 1.165) is 12.1 Å². The minimum absolute atomic E-state index is 0.203. The van der Waals surface area contributed by atoms with Crippen molar-refractivity contribution in [2.75, 3.05) is 33.1 Å². The lowest BCUT2D eigenvalue weighted by Gasteiger charge is -2.26. The van der Waals surface area contributed by atoms with Gasteiger partial charge in [-0.2, -0.15) is 0 Å². The zero-order valence-electron chi connectivity index (χ0n) is 14.9. The van der Waals surface area contributed by atoms with E-state index in [1.165, 1.54) is 0 Å². The van der Waals surface area contributed by atoms with Gasteiger partial charge in [0.25, 0.3) is 0 Å². The van der Waals surface area contributed by atoms with Crippen LogP contribution in [0.1, 0.15) is 20.3 Å². The Morgan fingerprint density at radius 2 is 2.00 bits per heavy atom. The van der Waals surface area contributed by atoms with Gasteiger partial charge in [-0.15, -0.1) is 10.2 Å². The van der Waals surface area contributed by atoms with E-state index in [4.69, 9.17) is 0 Å². The van der Waals surface area contributed by atoms with Crippen molar-refractivity contribution < 1.29 is 5.11 Å². The van der Waals surface area contributed by atoms with Crippen molar-refractivity contribution in [1.29, 1.82) is 0 Å². The maximum atomic E-state index is 10.2. The molecule has 1 aromatic rings. The summed E-state index contributed by atoms with van der Waals surface area (Å²) in [4.78, 5) is 7.81. The molecule has 0 aliphatic heterocycles. The molecule has 0 spiro atoms. The fourth-order valence-corrected chi connectivity index (χ4v) is 1.91. The smallest absolute Gasteiger partial charge is 0.152 e.